The van der Waals surface area contributed by atoms with Gasteiger partial charge in [0.25, 0.3) is 0 Å². The summed E-state index contributed by atoms with van der Waals surface area (Å²) in [6.45, 7) is 3.57. The first-order valence-corrected chi connectivity index (χ1v) is 9.52. The van der Waals surface area contributed by atoms with Gasteiger partial charge in [-0.2, -0.15) is 0 Å². The fourth-order valence-electron chi connectivity index (χ4n) is 2.83. The van der Waals surface area contributed by atoms with Crippen molar-refractivity contribution in [3.8, 4) is 5.75 Å². The SMILES string of the molecule is CC(CC(C)C(=O)O)Oc1ccc(Nc2cnc3cc(Br)ccc3c2)cc1. The second-order valence-electron chi connectivity index (χ2n) is 6.61. The molecule has 0 fully saturated rings. The van der Waals surface area contributed by atoms with Gasteiger partial charge in [-0.05, 0) is 55.8 Å². The van der Waals surface area contributed by atoms with Gasteiger partial charge in [-0.3, -0.25) is 9.78 Å². The number of aliphatic carboxylic acids is 1. The molecule has 0 radical (unpaired) electrons. The number of benzene rings is 2. The molecule has 0 saturated carbocycles. The van der Waals surface area contributed by atoms with Crippen molar-refractivity contribution in [1.29, 1.82) is 0 Å². The molecular weight excluding hydrogens is 408 g/mol. The number of nitrogens with one attached hydrogen (secondary N) is 1. The number of halogens is 1. The van der Waals surface area contributed by atoms with Crippen molar-refractivity contribution >= 4 is 44.2 Å². The van der Waals surface area contributed by atoms with E-state index in [4.69, 9.17) is 9.84 Å². The van der Waals surface area contributed by atoms with Crippen molar-refractivity contribution in [2.45, 2.75) is 26.4 Å². The van der Waals surface area contributed by atoms with Crippen molar-refractivity contribution in [3.05, 3.63) is 59.2 Å². The lowest BCUT2D eigenvalue weighted by atomic mass is 10.1. The Balaban J connectivity index is 1.63. The highest BCUT2D eigenvalue weighted by Crippen LogP contribution is 2.25. The molecule has 3 rings (SSSR count). The van der Waals surface area contributed by atoms with Gasteiger partial charge in [0.2, 0.25) is 0 Å². The largest absolute Gasteiger partial charge is 0.491 e. The number of hydrogen-bond acceptors (Lipinski definition) is 4. The summed E-state index contributed by atoms with van der Waals surface area (Å²) in [5, 5.41) is 13.4. The average molecular weight is 429 g/mol. The quantitative estimate of drug-likeness (QED) is 0.510. The highest BCUT2D eigenvalue weighted by atomic mass is 79.9. The van der Waals surface area contributed by atoms with E-state index in [0.29, 0.717) is 12.2 Å². The topological polar surface area (TPSA) is 71.5 Å². The normalized spacial score (nSPS) is 13.1. The summed E-state index contributed by atoms with van der Waals surface area (Å²) in [7, 11) is 0. The summed E-state index contributed by atoms with van der Waals surface area (Å²) in [6, 6.07) is 15.6. The molecular formula is C21H21BrN2O3. The zero-order valence-electron chi connectivity index (χ0n) is 15.1. The van der Waals surface area contributed by atoms with Crippen LogP contribution in [-0.2, 0) is 4.79 Å². The van der Waals surface area contributed by atoms with E-state index in [2.05, 4.69) is 32.3 Å². The molecule has 0 aliphatic rings. The first-order valence-electron chi connectivity index (χ1n) is 8.72. The van der Waals surface area contributed by atoms with Gasteiger partial charge < -0.3 is 15.2 Å². The number of carboxylic acids is 1. The zero-order valence-corrected chi connectivity index (χ0v) is 16.7. The van der Waals surface area contributed by atoms with Crippen LogP contribution in [-0.4, -0.2) is 22.2 Å². The maximum absolute atomic E-state index is 10.9. The number of carboxylic acid groups (broad SMARTS) is 1. The number of aromatic nitrogens is 1. The molecule has 140 valence electrons. The summed E-state index contributed by atoms with van der Waals surface area (Å²) >= 11 is 3.45. The lowest BCUT2D eigenvalue weighted by Gasteiger charge is -2.17. The van der Waals surface area contributed by atoms with E-state index in [1.165, 1.54) is 0 Å². The van der Waals surface area contributed by atoms with Crippen LogP contribution >= 0.6 is 15.9 Å². The maximum Gasteiger partial charge on any atom is 0.306 e. The minimum Gasteiger partial charge on any atom is -0.491 e. The molecule has 2 N–H and O–H groups in total. The van der Waals surface area contributed by atoms with E-state index < -0.39 is 11.9 Å². The Morgan fingerprint density at radius 2 is 1.89 bits per heavy atom. The number of carbonyl (C=O) groups is 1. The van der Waals surface area contributed by atoms with Crippen LogP contribution in [0.25, 0.3) is 10.9 Å². The maximum atomic E-state index is 10.9. The second kappa shape index (κ2) is 8.39. The van der Waals surface area contributed by atoms with Crippen LogP contribution in [0.1, 0.15) is 20.3 Å². The van der Waals surface area contributed by atoms with Crippen LogP contribution in [0.4, 0.5) is 11.4 Å². The standard InChI is InChI=1S/C21H21BrN2O3/c1-13(21(25)26)9-14(2)27-19-7-5-17(6-8-19)24-18-10-15-3-4-16(22)11-20(15)23-12-18/h3-8,10-14,24H,9H2,1-2H3,(H,25,26). The minimum absolute atomic E-state index is 0.168. The van der Waals surface area contributed by atoms with Crippen LogP contribution < -0.4 is 10.1 Å². The molecule has 0 aliphatic heterocycles. The van der Waals surface area contributed by atoms with Gasteiger partial charge in [-0.25, -0.2) is 0 Å². The van der Waals surface area contributed by atoms with Crippen molar-refractivity contribution in [3.63, 3.8) is 0 Å². The number of nitrogens with zero attached hydrogens (tertiary/aromatic N) is 1. The molecule has 27 heavy (non-hydrogen) atoms. The highest BCUT2D eigenvalue weighted by Gasteiger charge is 2.16. The van der Waals surface area contributed by atoms with Crippen molar-refractivity contribution < 1.29 is 14.6 Å². The number of rotatable bonds is 7. The fourth-order valence-corrected chi connectivity index (χ4v) is 3.17. The number of hydrogen-bond donors (Lipinski definition) is 2. The van der Waals surface area contributed by atoms with E-state index in [-0.39, 0.29) is 6.10 Å². The third-order valence-corrected chi connectivity index (χ3v) is 4.73. The molecule has 1 heterocycles. The number of pyridine rings is 1. The Morgan fingerprint density at radius 1 is 1.15 bits per heavy atom. The Bertz CT molecular complexity index is 944. The second-order valence-corrected chi connectivity index (χ2v) is 7.53. The van der Waals surface area contributed by atoms with Crippen LogP contribution in [0.15, 0.2) is 59.2 Å². The van der Waals surface area contributed by atoms with Gasteiger partial charge in [0.1, 0.15) is 5.75 Å². The van der Waals surface area contributed by atoms with Gasteiger partial charge in [0, 0.05) is 15.5 Å². The molecule has 0 saturated heterocycles. The molecule has 2 unspecified atom stereocenters. The minimum atomic E-state index is -0.804. The third kappa shape index (κ3) is 5.20. The van der Waals surface area contributed by atoms with Crippen LogP contribution in [0.3, 0.4) is 0 Å². The number of fused-ring (bicyclic) bond motifs is 1. The van der Waals surface area contributed by atoms with Gasteiger partial charge in [0.05, 0.1) is 29.4 Å². The zero-order chi connectivity index (χ0) is 19.4. The van der Waals surface area contributed by atoms with Gasteiger partial charge in [-0.15, -0.1) is 0 Å². The monoisotopic (exact) mass is 428 g/mol. The van der Waals surface area contributed by atoms with Crippen molar-refractivity contribution in [2.24, 2.45) is 5.92 Å². The highest BCUT2D eigenvalue weighted by molar-refractivity contribution is 9.10. The summed E-state index contributed by atoms with van der Waals surface area (Å²) in [5.74, 6) is -0.518. The van der Waals surface area contributed by atoms with E-state index in [0.717, 1.165) is 26.8 Å². The smallest absolute Gasteiger partial charge is 0.306 e. The molecule has 2 aromatic carbocycles. The van der Waals surface area contributed by atoms with Crippen LogP contribution in [0.2, 0.25) is 0 Å². The molecule has 1 aromatic heterocycles. The van der Waals surface area contributed by atoms with Gasteiger partial charge >= 0.3 is 5.97 Å². The third-order valence-electron chi connectivity index (χ3n) is 4.23. The molecule has 0 aliphatic carbocycles. The van der Waals surface area contributed by atoms with Crippen LogP contribution in [0, 0.1) is 5.92 Å². The summed E-state index contributed by atoms with van der Waals surface area (Å²) in [4.78, 5) is 15.4. The predicted molar refractivity (Wildman–Crippen MR) is 111 cm³/mol. The summed E-state index contributed by atoms with van der Waals surface area (Å²) in [5.41, 5.74) is 2.76. The first kappa shape index (κ1) is 19.2. The Hall–Kier alpha value is -2.60. The molecule has 3 aromatic rings. The fraction of sp³-hybridized carbons (Fsp3) is 0.238. The number of anilines is 2. The average Bonchev–Trinajstić information content (AvgIpc) is 2.63. The molecule has 0 amide bonds. The Kier molecular flexibility index (Phi) is 5.96. The Labute approximate surface area is 166 Å². The molecule has 0 bridgehead atoms. The van der Waals surface area contributed by atoms with Gasteiger partial charge in [0.15, 0.2) is 0 Å². The predicted octanol–water partition coefficient (Wildman–Crippen LogP) is 5.62. The van der Waals surface area contributed by atoms with E-state index >= 15 is 0 Å². The van der Waals surface area contributed by atoms with E-state index in [1.807, 2.05) is 49.4 Å². The lowest BCUT2D eigenvalue weighted by molar-refractivity contribution is -0.141. The van der Waals surface area contributed by atoms with Crippen molar-refractivity contribution in [1.82, 2.24) is 4.98 Å². The summed E-state index contributed by atoms with van der Waals surface area (Å²) < 4.78 is 6.81. The first-order chi connectivity index (χ1) is 12.9. The molecule has 5 nitrogen and oxygen atoms in total. The molecule has 0 spiro atoms. The Morgan fingerprint density at radius 3 is 2.59 bits per heavy atom. The lowest BCUT2D eigenvalue weighted by Crippen LogP contribution is -2.20. The molecule has 6 heteroatoms. The van der Waals surface area contributed by atoms with Gasteiger partial charge in [-0.1, -0.05) is 28.9 Å². The van der Waals surface area contributed by atoms with Crippen LogP contribution in [0.5, 0.6) is 5.75 Å². The van der Waals surface area contributed by atoms with E-state index in [9.17, 15) is 4.79 Å². The van der Waals surface area contributed by atoms with E-state index in [1.54, 1.807) is 13.1 Å². The number of ether oxygens (including phenoxy) is 1. The summed E-state index contributed by atoms with van der Waals surface area (Å²) in [6.07, 6.45) is 2.10. The van der Waals surface area contributed by atoms with Crippen molar-refractivity contribution in [2.75, 3.05) is 5.32 Å². The molecule has 2 atom stereocenters.